The molecule has 13 heavy (non-hydrogen) atoms. The molecule has 1 fully saturated rings. The lowest BCUT2D eigenvalue weighted by Gasteiger charge is -2.00. The average molecular weight is 173 g/mol. The summed E-state index contributed by atoms with van der Waals surface area (Å²) in [6.07, 6.45) is 1.02. The molecule has 1 aliphatic rings. The van der Waals surface area contributed by atoms with Crippen LogP contribution < -0.4 is 4.74 Å². The highest BCUT2D eigenvalue weighted by molar-refractivity contribution is 5.34. The van der Waals surface area contributed by atoms with Gasteiger partial charge >= 0.3 is 0 Å². The van der Waals surface area contributed by atoms with Gasteiger partial charge in [-0.1, -0.05) is 12.1 Å². The van der Waals surface area contributed by atoms with Gasteiger partial charge in [0.15, 0.2) is 0 Å². The predicted octanol–water partition coefficient (Wildman–Crippen LogP) is 2.32. The Kier molecular flexibility index (Phi) is 1.94. The summed E-state index contributed by atoms with van der Waals surface area (Å²) >= 11 is 0. The lowest BCUT2D eigenvalue weighted by Crippen LogP contribution is -1.84. The maximum absolute atomic E-state index is 8.66. The molecule has 1 aliphatic carbocycles. The Morgan fingerprint density at radius 3 is 2.54 bits per heavy atom. The van der Waals surface area contributed by atoms with Crippen molar-refractivity contribution in [2.45, 2.75) is 12.3 Å². The van der Waals surface area contributed by atoms with Gasteiger partial charge in [-0.05, 0) is 24.1 Å². The lowest BCUT2D eigenvalue weighted by atomic mass is 10.1. The van der Waals surface area contributed by atoms with Crippen LogP contribution in [0.3, 0.4) is 0 Å². The monoisotopic (exact) mass is 173 g/mol. The highest BCUT2D eigenvalue weighted by Crippen LogP contribution is 2.46. The van der Waals surface area contributed by atoms with Crippen LogP contribution in [0.1, 0.15) is 17.9 Å². The van der Waals surface area contributed by atoms with Crippen LogP contribution in [0.5, 0.6) is 5.75 Å². The van der Waals surface area contributed by atoms with E-state index in [1.54, 1.807) is 7.11 Å². The normalized spacial score (nSPS) is 24.9. The minimum atomic E-state index is 0.244. The molecule has 0 unspecified atom stereocenters. The molecule has 0 spiro atoms. The zero-order valence-corrected chi connectivity index (χ0v) is 7.53. The third-order valence-corrected chi connectivity index (χ3v) is 2.50. The van der Waals surface area contributed by atoms with Gasteiger partial charge in [-0.2, -0.15) is 5.26 Å². The number of hydrogen-bond acceptors (Lipinski definition) is 2. The van der Waals surface area contributed by atoms with Crippen molar-refractivity contribution in [3.63, 3.8) is 0 Å². The maximum atomic E-state index is 8.66. The number of benzene rings is 1. The summed E-state index contributed by atoms with van der Waals surface area (Å²) in [6.45, 7) is 0. The fraction of sp³-hybridized carbons (Fsp3) is 0.364. The van der Waals surface area contributed by atoms with E-state index < -0.39 is 0 Å². The van der Waals surface area contributed by atoms with Gasteiger partial charge in [0.05, 0.1) is 19.1 Å². The van der Waals surface area contributed by atoms with Crippen molar-refractivity contribution >= 4 is 0 Å². The van der Waals surface area contributed by atoms with E-state index >= 15 is 0 Å². The molecule has 2 rings (SSSR count). The minimum absolute atomic E-state index is 0.244. The van der Waals surface area contributed by atoms with Gasteiger partial charge in [0.25, 0.3) is 0 Å². The number of ether oxygens (including phenoxy) is 1. The average Bonchev–Trinajstić information content (AvgIpc) is 2.97. The van der Waals surface area contributed by atoms with Crippen LogP contribution in [0, 0.1) is 17.2 Å². The van der Waals surface area contributed by atoms with Gasteiger partial charge in [-0.25, -0.2) is 0 Å². The summed E-state index contributed by atoms with van der Waals surface area (Å²) in [6, 6.07) is 10.3. The van der Waals surface area contributed by atoms with E-state index in [1.807, 2.05) is 24.3 Å². The molecule has 1 saturated carbocycles. The van der Waals surface area contributed by atoms with Crippen molar-refractivity contribution in [3.8, 4) is 11.8 Å². The summed E-state index contributed by atoms with van der Waals surface area (Å²) in [4.78, 5) is 0. The molecule has 0 amide bonds. The number of methoxy groups -OCH3 is 1. The maximum Gasteiger partial charge on any atom is 0.118 e. The van der Waals surface area contributed by atoms with Gasteiger partial charge in [0.2, 0.25) is 0 Å². The summed E-state index contributed by atoms with van der Waals surface area (Å²) in [5.41, 5.74) is 1.26. The van der Waals surface area contributed by atoms with E-state index in [-0.39, 0.29) is 5.92 Å². The van der Waals surface area contributed by atoms with E-state index in [2.05, 4.69) is 6.07 Å². The van der Waals surface area contributed by atoms with Gasteiger partial charge in [-0.3, -0.25) is 0 Å². The van der Waals surface area contributed by atoms with Crippen molar-refractivity contribution in [1.29, 1.82) is 5.26 Å². The summed E-state index contributed by atoms with van der Waals surface area (Å²) in [7, 11) is 1.66. The van der Waals surface area contributed by atoms with Crippen LogP contribution in [0.25, 0.3) is 0 Å². The molecule has 1 aromatic carbocycles. The van der Waals surface area contributed by atoms with Crippen LogP contribution in [0.4, 0.5) is 0 Å². The number of rotatable bonds is 2. The second-order valence-electron chi connectivity index (χ2n) is 3.35. The second-order valence-corrected chi connectivity index (χ2v) is 3.35. The van der Waals surface area contributed by atoms with E-state index in [0.717, 1.165) is 12.2 Å². The van der Waals surface area contributed by atoms with Gasteiger partial charge in [0.1, 0.15) is 5.75 Å². The predicted molar refractivity (Wildman–Crippen MR) is 49.5 cm³/mol. The first-order valence-electron chi connectivity index (χ1n) is 4.38. The number of nitrogens with zero attached hydrogens (tertiary/aromatic N) is 1. The third kappa shape index (κ3) is 1.50. The van der Waals surface area contributed by atoms with Crippen molar-refractivity contribution in [2.75, 3.05) is 7.11 Å². The van der Waals surface area contributed by atoms with Gasteiger partial charge in [0, 0.05) is 5.92 Å². The molecule has 0 aromatic heterocycles. The van der Waals surface area contributed by atoms with Crippen LogP contribution in [0.15, 0.2) is 24.3 Å². The Balaban J connectivity index is 2.12. The summed E-state index contributed by atoms with van der Waals surface area (Å²) in [5, 5.41) is 8.66. The largest absolute Gasteiger partial charge is 0.497 e. The minimum Gasteiger partial charge on any atom is -0.497 e. The molecule has 2 heteroatoms. The van der Waals surface area contributed by atoms with Crippen molar-refractivity contribution in [3.05, 3.63) is 29.8 Å². The van der Waals surface area contributed by atoms with Gasteiger partial charge < -0.3 is 4.74 Å². The standard InChI is InChI=1S/C11H11NO/c1-13-10-4-2-8(3-5-10)11-6-9(11)7-12/h2-5,9,11H,6H2,1H3/t9-,11-/m0/s1. The quantitative estimate of drug-likeness (QED) is 0.687. The van der Waals surface area contributed by atoms with Gasteiger partial charge in [-0.15, -0.1) is 0 Å². The van der Waals surface area contributed by atoms with E-state index in [1.165, 1.54) is 5.56 Å². The Morgan fingerprint density at radius 2 is 2.08 bits per heavy atom. The summed E-state index contributed by atoms with van der Waals surface area (Å²) in [5.74, 6) is 1.59. The first-order valence-corrected chi connectivity index (χ1v) is 4.38. The molecule has 66 valence electrons. The molecule has 0 bridgehead atoms. The molecule has 2 atom stereocenters. The summed E-state index contributed by atoms with van der Waals surface area (Å²) < 4.78 is 5.06. The molecule has 0 radical (unpaired) electrons. The van der Waals surface area contributed by atoms with Crippen LogP contribution in [-0.4, -0.2) is 7.11 Å². The zero-order chi connectivity index (χ0) is 9.26. The van der Waals surface area contributed by atoms with E-state index in [0.29, 0.717) is 5.92 Å². The van der Waals surface area contributed by atoms with Crippen LogP contribution in [0.2, 0.25) is 0 Å². The Labute approximate surface area is 77.8 Å². The first-order chi connectivity index (χ1) is 6.35. The molecule has 0 heterocycles. The molecular weight excluding hydrogens is 162 g/mol. The fourth-order valence-corrected chi connectivity index (χ4v) is 1.56. The number of hydrogen-bond donors (Lipinski definition) is 0. The third-order valence-electron chi connectivity index (χ3n) is 2.50. The number of nitriles is 1. The lowest BCUT2D eigenvalue weighted by molar-refractivity contribution is 0.414. The van der Waals surface area contributed by atoms with Crippen molar-refractivity contribution < 1.29 is 4.74 Å². The van der Waals surface area contributed by atoms with E-state index in [9.17, 15) is 0 Å². The first kappa shape index (κ1) is 8.12. The molecule has 0 aliphatic heterocycles. The topological polar surface area (TPSA) is 33.0 Å². The highest BCUT2D eigenvalue weighted by Gasteiger charge is 2.38. The van der Waals surface area contributed by atoms with Crippen molar-refractivity contribution in [2.24, 2.45) is 5.92 Å². The van der Waals surface area contributed by atoms with Crippen LogP contribution >= 0.6 is 0 Å². The van der Waals surface area contributed by atoms with E-state index in [4.69, 9.17) is 10.00 Å². The Morgan fingerprint density at radius 1 is 1.38 bits per heavy atom. The Bertz CT molecular complexity index is 336. The molecule has 0 saturated heterocycles. The fourth-order valence-electron chi connectivity index (χ4n) is 1.56. The molecular formula is C11H11NO. The molecule has 1 aromatic rings. The van der Waals surface area contributed by atoms with Crippen molar-refractivity contribution in [1.82, 2.24) is 0 Å². The van der Waals surface area contributed by atoms with Crippen LogP contribution in [-0.2, 0) is 0 Å². The smallest absolute Gasteiger partial charge is 0.118 e. The highest BCUT2D eigenvalue weighted by atomic mass is 16.5. The Hall–Kier alpha value is -1.49. The molecule has 2 nitrogen and oxygen atoms in total. The molecule has 0 N–H and O–H groups in total. The second kappa shape index (κ2) is 3.10. The SMILES string of the molecule is COc1ccc([C@@H]2C[C@H]2C#N)cc1. The zero-order valence-electron chi connectivity index (χ0n) is 7.53.